The van der Waals surface area contributed by atoms with Gasteiger partial charge in [-0.05, 0) is 31.5 Å². The van der Waals surface area contributed by atoms with Gasteiger partial charge in [-0.25, -0.2) is 0 Å². The second-order valence-corrected chi connectivity index (χ2v) is 5.98. The summed E-state index contributed by atoms with van der Waals surface area (Å²) in [5.74, 6) is 1.08. The van der Waals surface area contributed by atoms with E-state index in [1.807, 2.05) is 23.9 Å². The number of ether oxygens (including phenoxy) is 1. The molecule has 28 heavy (non-hydrogen) atoms. The number of non-ortho nitro benzene ring substituents is 1. The molecule has 0 amide bonds. The Morgan fingerprint density at radius 1 is 1.39 bits per heavy atom. The van der Waals surface area contributed by atoms with E-state index in [-0.39, 0.29) is 18.8 Å². The topological polar surface area (TPSA) is 127 Å². The average molecular weight is 390 g/mol. The van der Waals surface area contributed by atoms with Crippen LogP contribution in [0.2, 0.25) is 0 Å². The summed E-state index contributed by atoms with van der Waals surface area (Å²) in [6.07, 6.45) is 3.76. The minimum absolute atomic E-state index is 0.00795. The Morgan fingerprint density at radius 3 is 2.82 bits per heavy atom. The van der Waals surface area contributed by atoms with Gasteiger partial charge in [-0.3, -0.25) is 19.8 Å². The van der Waals surface area contributed by atoms with Crippen molar-refractivity contribution < 1.29 is 14.8 Å². The fourth-order valence-corrected chi connectivity index (χ4v) is 2.33. The molecule has 2 aromatic rings. The third kappa shape index (κ3) is 7.62. The predicted molar refractivity (Wildman–Crippen MR) is 105 cm³/mol. The molecule has 1 heterocycles. The minimum atomic E-state index is -0.797. The van der Waals surface area contributed by atoms with Crippen LogP contribution < -0.4 is 15.4 Å². The van der Waals surface area contributed by atoms with E-state index in [2.05, 4.69) is 20.7 Å². The number of aryl methyl sites for hydroxylation is 1. The molecule has 10 heteroatoms. The molecule has 0 fully saturated rings. The zero-order valence-corrected chi connectivity index (χ0v) is 15.8. The molecule has 152 valence electrons. The molecule has 1 unspecified atom stereocenters. The van der Waals surface area contributed by atoms with Crippen LogP contribution in [-0.4, -0.2) is 58.1 Å². The second-order valence-electron chi connectivity index (χ2n) is 5.98. The fraction of sp³-hybridized carbons (Fsp3) is 0.444. The molecule has 1 aromatic carbocycles. The number of guanidine groups is 1. The van der Waals surface area contributed by atoms with Crippen molar-refractivity contribution in [2.45, 2.75) is 26.0 Å². The molecule has 0 bridgehead atoms. The van der Waals surface area contributed by atoms with Gasteiger partial charge in [0.15, 0.2) is 5.96 Å². The van der Waals surface area contributed by atoms with E-state index in [0.29, 0.717) is 18.3 Å². The largest absolute Gasteiger partial charge is 0.491 e. The van der Waals surface area contributed by atoms with Crippen LogP contribution in [0.1, 0.15) is 13.3 Å². The molecular weight excluding hydrogens is 364 g/mol. The Bertz CT molecular complexity index is 733. The van der Waals surface area contributed by atoms with Crippen molar-refractivity contribution in [2.75, 3.05) is 26.2 Å². The third-order valence-corrected chi connectivity index (χ3v) is 3.71. The highest BCUT2D eigenvalue weighted by Crippen LogP contribution is 2.17. The molecule has 1 atom stereocenters. The van der Waals surface area contributed by atoms with Crippen molar-refractivity contribution in [3.8, 4) is 5.75 Å². The van der Waals surface area contributed by atoms with Crippen LogP contribution >= 0.6 is 0 Å². The highest BCUT2D eigenvalue weighted by atomic mass is 16.6. The lowest BCUT2D eigenvalue weighted by atomic mass is 10.3. The summed E-state index contributed by atoms with van der Waals surface area (Å²) in [6, 6.07) is 7.60. The Balaban J connectivity index is 1.71. The zero-order chi connectivity index (χ0) is 20.2. The monoisotopic (exact) mass is 390 g/mol. The van der Waals surface area contributed by atoms with Crippen molar-refractivity contribution in [2.24, 2.45) is 4.99 Å². The first-order chi connectivity index (χ1) is 13.6. The number of aromatic nitrogens is 2. The highest BCUT2D eigenvalue weighted by molar-refractivity contribution is 5.79. The number of nitrogens with one attached hydrogen (secondary N) is 2. The van der Waals surface area contributed by atoms with Gasteiger partial charge < -0.3 is 20.5 Å². The van der Waals surface area contributed by atoms with E-state index in [9.17, 15) is 15.2 Å². The number of aliphatic hydroxyl groups excluding tert-OH is 1. The number of aliphatic hydroxyl groups is 1. The first-order valence-electron chi connectivity index (χ1n) is 9.13. The number of nitro benzene ring substituents is 1. The SMILES string of the molecule is CCNC(=NCC(O)COc1ccc([N+](=O)[O-])cc1)NCCCn1cccn1. The van der Waals surface area contributed by atoms with Crippen molar-refractivity contribution in [3.63, 3.8) is 0 Å². The maximum absolute atomic E-state index is 10.6. The molecule has 0 saturated carbocycles. The van der Waals surface area contributed by atoms with E-state index < -0.39 is 11.0 Å². The number of nitro groups is 1. The van der Waals surface area contributed by atoms with Crippen LogP contribution in [-0.2, 0) is 6.54 Å². The molecular formula is C18H26N6O4. The Labute approximate surface area is 163 Å². The van der Waals surface area contributed by atoms with Gasteiger partial charge in [-0.15, -0.1) is 0 Å². The molecule has 2 rings (SSSR count). The molecule has 3 N–H and O–H groups in total. The maximum atomic E-state index is 10.6. The van der Waals surface area contributed by atoms with Gasteiger partial charge >= 0.3 is 0 Å². The Morgan fingerprint density at radius 2 is 2.18 bits per heavy atom. The number of aliphatic imine (C=N–C) groups is 1. The van der Waals surface area contributed by atoms with Crippen molar-refractivity contribution >= 4 is 11.6 Å². The number of nitrogens with zero attached hydrogens (tertiary/aromatic N) is 4. The smallest absolute Gasteiger partial charge is 0.269 e. The Hall–Kier alpha value is -3.14. The molecule has 0 aliphatic heterocycles. The second kappa shape index (κ2) is 11.5. The summed E-state index contributed by atoms with van der Waals surface area (Å²) in [5, 5.41) is 31.2. The Kier molecular flexibility index (Phi) is 8.73. The van der Waals surface area contributed by atoms with Gasteiger partial charge in [0, 0.05) is 44.2 Å². The van der Waals surface area contributed by atoms with Crippen molar-refractivity contribution in [3.05, 3.63) is 52.8 Å². The first-order valence-corrected chi connectivity index (χ1v) is 9.13. The molecule has 10 nitrogen and oxygen atoms in total. The summed E-state index contributed by atoms with van der Waals surface area (Å²) >= 11 is 0. The van der Waals surface area contributed by atoms with E-state index >= 15 is 0 Å². The van der Waals surface area contributed by atoms with Crippen LogP contribution in [0.15, 0.2) is 47.7 Å². The van der Waals surface area contributed by atoms with Crippen LogP contribution in [0.5, 0.6) is 5.75 Å². The summed E-state index contributed by atoms with van der Waals surface area (Å²) in [4.78, 5) is 14.5. The fourth-order valence-electron chi connectivity index (χ4n) is 2.33. The van der Waals surface area contributed by atoms with E-state index in [1.54, 1.807) is 6.20 Å². The van der Waals surface area contributed by atoms with E-state index in [4.69, 9.17) is 4.74 Å². The van der Waals surface area contributed by atoms with Gasteiger partial charge in [0.1, 0.15) is 18.5 Å². The third-order valence-electron chi connectivity index (χ3n) is 3.71. The summed E-state index contributed by atoms with van der Waals surface area (Å²) in [6.45, 7) is 4.42. The average Bonchev–Trinajstić information content (AvgIpc) is 3.21. The van der Waals surface area contributed by atoms with Crippen LogP contribution in [0.3, 0.4) is 0 Å². The lowest BCUT2D eigenvalue weighted by molar-refractivity contribution is -0.384. The maximum Gasteiger partial charge on any atom is 0.269 e. The molecule has 0 aliphatic carbocycles. The van der Waals surface area contributed by atoms with Crippen LogP contribution in [0, 0.1) is 10.1 Å². The lowest BCUT2D eigenvalue weighted by Crippen LogP contribution is -2.39. The van der Waals surface area contributed by atoms with E-state index in [0.717, 1.165) is 19.5 Å². The van der Waals surface area contributed by atoms with E-state index in [1.165, 1.54) is 24.3 Å². The molecule has 0 spiro atoms. The van der Waals surface area contributed by atoms with Gasteiger partial charge in [-0.1, -0.05) is 0 Å². The summed E-state index contributed by atoms with van der Waals surface area (Å²) < 4.78 is 7.31. The number of benzene rings is 1. The standard InChI is InChI=1S/C18H26N6O4/c1-2-19-18(20-9-3-11-23-12-4-10-22-23)21-13-16(25)14-28-17-7-5-15(6-8-17)24(26)27/h4-8,10,12,16,25H,2-3,9,11,13-14H2,1H3,(H2,19,20,21). The number of hydrogen-bond donors (Lipinski definition) is 3. The lowest BCUT2D eigenvalue weighted by Gasteiger charge is -2.14. The molecule has 0 aliphatic rings. The summed E-state index contributed by atoms with van der Waals surface area (Å²) in [5.41, 5.74) is -0.00795. The van der Waals surface area contributed by atoms with Crippen molar-refractivity contribution in [1.29, 1.82) is 0 Å². The highest BCUT2D eigenvalue weighted by Gasteiger charge is 2.08. The van der Waals surface area contributed by atoms with Gasteiger partial charge in [0.25, 0.3) is 5.69 Å². The van der Waals surface area contributed by atoms with Crippen molar-refractivity contribution in [1.82, 2.24) is 20.4 Å². The molecule has 0 saturated heterocycles. The first kappa shape index (κ1) is 21.2. The predicted octanol–water partition coefficient (Wildman–Crippen LogP) is 1.18. The molecule has 1 aromatic heterocycles. The van der Waals surface area contributed by atoms with Gasteiger partial charge in [-0.2, -0.15) is 5.10 Å². The van der Waals surface area contributed by atoms with Crippen LogP contribution in [0.25, 0.3) is 0 Å². The zero-order valence-electron chi connectivity index (χ0n) is 15.8. The summed E-state index contributed by atoms with van der Waals surface area (Å²) in [7, 11) is 0. The normalized spacial score (nSPS) is 12.4. The van der Waals surface area contributed by atoms with Gasteiger partial charge in [0.2, 0.25) is 0 Å². The number of hydrogen-bond acceptors (Lipinski definition) is 6. The molecule has 0 radical (unpaired) electrons. The van der Waals surface area contributed by atoms with Gasteiger partial charge in [0.05, 0.1) is 11.5 Å². The van der Waals surface area contributed by atoms with Crippen LogP contribution in [0.4, 0.5) is 5.69 Å². The minimum Gasteiger partial charge on any atom is -0.491 e. The quantitative estimate of drug-likeness (QED) is 0.173. The number of rotatable bonds is 11.